The van der Waals surface area contributed by atoms with E-state index >= 15 is 0 Å². The summed E-state index contributed by atoms with van der Waals surface area (Å²) in [5.41, 5.74) is 1.32. The van der Waals surface area contributed by atoms with Gasteiger partial charge < -0.3 is 14.8 Å². The Labute approximate surface area is 120 Å². The largest absolute Gasteiger partial charge is 0.508 e. The van der Waals surface area contributed by atoms with Crippen LogP contribution in [-0.4, -0.2) is 16.0 Å². The third-order valence-electron chi connectivity index (χ3n) is 2.86. The summed E-state index contributed by atoms with van der Waals surface area (Å²) in [6.45, 7) is 0. The van der Waals surface area contributed by atoms with Crippen LogP contribution in [0, 0.1) is 0 Å². The average Bonchev–Trinajstić information content (AvgIpc) is 2.98. The Balaban J connectivity index is 1.78. The van der Waals surface area contributed by atoms with Gasteiger partial charge in [0.25, 0.3) is 5.89 Å². The molecule has 0 aliphatic heterocycles. The van der Waals surface area contributed by atoms with Crippen LogP contribution in [0.25, 0.3) is 11.3 Å². The van der Waals surface area contributed by atoms with Gasteiger partial charge in [0.15, 0.2) is 5.76 Å². The fourth-order valence-corrected chi connectivity index (χ4v) is 1.88. The van der Waals surface area contributed by atoms with Gasteiger partial charge in [-0.1, -0.05) is 36.4 Å². The Bertz CT molecular complexity index is 766. The van der Waals surface area contributed by atoms with Crippen LogP contribution in [-0.2, 0) is 0 Å². The second kappa shape index (κ2) is 5.50. The quantitative estimate of drug-likeness (QED) is 0.771. The molecule has 21 heavy (non-hydrogen) atoms. The van der Waals surface area contributed by atoms with Crippen LogP contribution in [0.3, 0.4) is 0 Å². The van der Waals surface area contributed by atoms with Crippen LogP contribution in [0.2, 0.25) is 0 Å². The zero-order valence-electron chi connectivity index (χ0n) is 11.0. The molecule has 5 nitrogen and oxygen atoms in total. The molecule has 2 aromatic carbocycles. The first kappa shape index (κ1) is 12.9. The molecule has 0 bridgehead atoms. The Kier molecular flexibility index (Phi) is 3.39. The first-order valence-corrected chi connectivity index (χ1v) is 6.34. The molecule has 0 saturated heterocycles. The fourth-order valence-electron chi connectivity index (χ4n) is 1.88. The molecule has 5 heteroatoms. The Morgan fingerprint density at radius 3 is 2.67 bits per heavy atom. The van der Waals surface area contributed by atoms with Gasteiger partial charge in [0.1, 0.15) is 5.75 Å². The number of nitrogens with zero attached hydrogens (tertiary/aromatic N) is 1. The minimum atomic E-state index is -0.470. The minimum Gasteiger partial charge on any atom is -0.508 e. The van der Waals surface area contributed by atoms with Crippen molar-refractivity contribution in [3.05, 3.63) is 66.7 Å². The van der Waals surface area contributed by atoms with E-state index in [1.54, 1.807) is 12.1 Å². The van der Waals surface area contributed by atoms with E-state index in [4.69, 9.17) is 4.42 Å². The van der Waals surface area contributed by atoms with Crippen LogP contribution in [0.5, 0.6) is 5.75 Å². The third-order valence-corrected chi connectivity index (χ3v) is 2.86. The molecule has 0 fully saturated rings. The van der Waals surface area contributed by atoms with E-state index in [0.717, 1.165) is 5.56 Å². The Hall–Kier alpha value is -3.08. The number of nitrogens with one attached hydrogen (secondary N) is 1. The van der Waals surface area contributed by atoms with Crippen molar-refractivity contribution in [3.63, 3.8) is 0 Å². The van der Waals surface area contributed by atoms with Crippen LogP contribution in [0.4, 0.5) is 5.69 Å². The summed E-state index contributed by atoms with van der Waals surface area (Å²) < 4.78 is 5.45. The predicted molar refractivity (Wildman–Crippen MR) is 78.0 cm³/mol. The highest BCUT2D eigenvalue weighted by Gasteiger charge is 2.14. The normalized spacial score (nSPS) is 10.3. The lowest BCUT2D eigenvalue weighted by Crippen LogP contribution is -2.11. The molecule has 3 rings (SSSR count). The molecule has 0 radical (unpaired) electrons. The lowest BCUT2D eigenvalue weighted by Gasteiger charge is -2.02. The number of aromatic nitrogens is 1. The minimum absolute atomic E-state index is 0.0304. The highest BCUT2D eigenvalue weighted by Crippen LogP contribution is 2.21. The molecular formula is C16H12N2O3. The summed E-state index contributed by atoms with van der Waals surface area (Å²) in [6.07, 6.45) is 1.51. The summed E-state index contributed by atoms with van der Waals surface area (Å²) >= 11 is 0. The number of anilines is 1. The zero-order valence-corrected chi connectivity index (χ0v) is 11.0. The Morgan fingerprint density at radius 2 is 1.90 bits per heavy atom. The van der Waals surface area contributed by atoms with E-state index in [1.165, 1.54) is 18.3 Å². The second-order valence-corrected chi connectivity index (χ2v) is 4.40. The third kappa shape index (κ3) is 2.92. The van der Waals surface area contributed by atoms with Crippen molar-refractivity contribution in [2.24, 2.45) is 0 Å². The maximum Gasteiger partial charge on any atom is 0.311 e. The van der Waals surface area contributed by atoms with Gasteiger partial charge in [-0.25, -0.2) is 4.98 Å². The SMILES string of the molecule is O=C(Nc1cccc(O)c1)c1ncc(-c2ccccc2)o1. The van der Waals surface area contributed by atoms with Gasteiger partial charge in [0.2, 0.25) is 0 Å². The topological polar surface area (TPSA) is 75.4 Å². The number of carbonyl (C=O) groups is 1. The lowest BCUT2D eigenvalue weighted by molar-refractivity contribution is 0.0991. The van der Waals surface area contributed by atoms with Gasteiger partial charge in [-0.3, -0.25) is 4.79 Å². The molecule has 0 aliphatic carbocycles. The van der Waals surface area contributed by atoms with Gasteiger partial charge in [-0.15, -0.1) is 0 Å². The number of phenolic OH excluding ortho intramolecular Hbond substituents is 1. The Morgan fingerprint density at radius 1 is 1.10 bits per heavy atom. The van der Waals surface area contributed by atoms with Crippen LogP contribution in [0.1, 0.15) is 10.7 Å². The van der Waals surface area contributed by atoms with E-state index in [9.17, 15) is 9.90 Å². The lowest BCUT2D eigenvalue weighted by atomic mass is 10.2. The summed E-state index contributed by atoms with van der Waals surface area (Å²) in [7, 11) is 0. The van der Waals surface area contributed by atoms with Gasteiger partial charge in [-0.2, -0.15) is 0 Å². The number of rotatable bonds is 3. The highest BCUT2D eigenvalue weighted by molar-refractivity contribution is 6.01. The van der Waals surface area contributed by atoms with Crippen molar-refractivity contribution in [1.29, 1.82) is 0 Å². The molecule has 3 aromatic rings. The molecule has 0 saturated carbocycles. The number of carbonyl (C=O) groups excluding carboxylic acids is 1. The van der Waals surface area contributed by atoms with E-state index in [0.29, 0.717) is 11.4 Å². The first-order valence-electron chi connectivity index (χ1n) is 6.34. The maximum absolute atomic E-state index is 12.0. The summed E-state index contributed by atoms with van der Waals surface area (Å²) in [5.74, 6) is 0.0989. The van der Waals surface area contributed by atoms with Crippen molar-refractivity contribution >= 4 is 11.6 Å². The second-order valence-electron chi connectivity index (χ2n) is 4.40. The molecule has 2 N–H and O–H groups in total. The van der Waals surface area contributed by atoms with E-state index in [-0.39, 0.29) is 11.6 Å². The van der Waals surface area contributed by atoms with E-state index in [1.807, 2.05) is 30.3 Å². The van der Waals surface area contributed by atoms with Crippen molar-refractivity contribution in [3.8, 4) is 17.1 Å². The maximum atomic E-state index is 12.0. The molecule has 1 aromatic heterocycles. The molecule has 0 atom stereocenters. The van der Waals surface area contributed by atoms with Crippen molar-refractivity contribution in [2.45, 2.75) is 0 Å². The molecule has 104 valence electrons. The number of benzene rings is 2. The van der Waals surface area contributed by atoms with Gasteiger partial charge in [0, 0.05) is 17.3 Å². The molecule has 0 aliphatic rings. The highest BCUT2D eigenvalue weighted by atomic mass is 16.4. The van der Waals surface area contributed by atoms with Crippen LogP contribution < -0.4 is 5.32 Å². The van der Waals surface area contributed by atoms with Crippen LogP contribution >= 0.6 is 0 Å². The van der Waals surface area contributed by atoms with Crippen molar-refractivity contribution in [2.75, 3.05) is 5.32 Å². The number of aromatic hydroxyl groups is 1. The van der Waals surface area contributed by atoms with Crippen LogP contribution in [0.15, 0.2) is 65.2 Å². The summed E-state index contributed by atoms with van der Waals surface area (Å²) in [4.78, 5) is 16.0. The zero-order chi connectivity index (χ0) is 14.7. The van der Waals surface area contributed by atoms with Gasteiger partial charge in [0.05, 0.1) is 6.20 Å². The van der Waals surface area contributed by atoms with E-state index in [2.05, 4.69) is 10.3 Å². The first-order chi connectivity index (χ1) is 10.2. The number of hydrogen-bond donors (Lipinski definition) is 2. The number of oxazole rings is 1. The molecule has 0 unspecified atom stereocenters. The van der Waals surface area contributed by atoms with Crippen molar-refractivity contribution in [1.82, 2.24) is 4.98 Å². The monoisotopic (exact) mass is 280 g/mol. The molecule has 0 spiro atoms. The molecular weight excluding hydrogens is 268 g/mol. The van der Waals surface area contributed by atoms with E-state index < -0.39 is 5.91 Å². The number of amides is 1. The molecule has 1 amide bonds. The summed E-state index contributed by atoms with van der Waals surface area (Å²) in [6, 6.07) is 15.7. The van der Waals surface area contributed by atoms with Crippen molar-refractivity contribution < 1.29 is 14.3 Å². The average molecular weight is 280 g/mol. The van der Waals surface area contributed by atoms with Gasteiger partial charge >= 0.3 is 5.91 Å². The number of phenols is 1. The smallest absolute Gasteiger partial charge is 0.311 e. The fraction of sp³-hybridized carbons (Fsp3) is 0. The number of hydrogen-bond acceptors (Lipinski definition) is 4. The molecule has 1 heterocycles. The standard InChI is InChI=1S/C16H12N2O3/c19-13-8-4-7-12(9-13)18-15(20)16-17-10-14(21-16)11-5-2-1-3-6-11/h1-10,19H,(H,18,20). The summed E-state index contributed by atoms with van der Waals surface area (Å²) in [5, 5.41) is 12.0. The predicted octanol–water partition coefficient (Wildman–Crippen LogP) is 3.30. The van der Waals surface area contributed by atoms with Gasteiger partial charge in [-0.05, 0) is 12.1 Å².